The number of ether oxygens (including phenoxy) is 4. The molecule has 0 spiro atoms. The van der Waals surface area contributed by atoms with E-state index in [1.54, 1.807) is 36.6 Å². The molecule has 2 aliphatic rings. The smallest absolute Gasteiger partial charge is 0.256 e. The van der Waals surface area contributed by atoms with Gasteiger partial charge in [0.1, 0.15) is 36.3 Å². The fourth-order valence-electron chi connectivity index (χ4n) is 6.28. The molecule has 1 aromatic carbocycles. The molecular weight excluding hydrogens is 624 g/mol. The van der Waals surface area contributed by atoms with E-state index in [-0.39, 0.29) is 11.7 Å². The van der Waals surface area contributed by atoms with Crippen molar-refractivity contribution in [2.24, 2.45) is 0 Å². The molecule has 1 aliphatic heterocycles. The van der Waals surface area contributed by atoms with E-state index in [1.807, 2.05) is 43.8 Å². The van der Waals surface area contributed by atoms with Gasteiger partial charge < -0.3 is 24.3 Å². The minimum atomic E-state index is -0.307. The van der Waals surface area contributed by atoms with Crippen LogP contribution in [-0.4, -0.2) is 97.2 Å². The summed E-state index contributed by atoms with van der Waals surface area (Å²) in [6, 6.07) is 8.56. The lowest BCUT2D eigenvalue weighted by Crippen LogP contribution is -2.45. The van der Waals surface area contributed by atoms with E-state index in [0.717, 1.165) is 63.1 Å². The maximum absolute atomic E-state index is 9.69. The third-order valence-electron chi connectivity index (χ3n) is 9.37. The monoisotopic (exact) mass is 670 g/mol. The largest absolute Gasteiger partial charge is 0.487 e. The van der Waals surface area contributed by atoms with E-state index in [0.29, 0.717) is 60.5 Å². The van der Waals surface area contributed by atoms with Crippen LogP contribution in [0.2, 0.25) is 0 Å². The molecule has 1 aliphatic carbocycles. The summed E-state index contributed by atoms with van der Waals surface area (Å²) in [5.74, 6) is 1.43. The van der Waals surface area contributed by atoms with Crippen LogP contribution in [0.5, 0.6) is 11.6 Å². The lowest BCUT2D eigenvalue weighted by Gasteiger charge is -2.38. The highest BCUT2D eigenvalue weighted by Crippen LogP contribution is 2.35. The molecule has 0 radical (unpaired) electrons. The molecule has 14 nitrogen and oxygen atoms in total. The fraction of sp³-hybridized carbons (Fsp3) is 0.543. The normalized spacial score (nSPS) is 19.2. The van der Waals surface area contributed by atoms with Crippen LogP contribution in [0.15, 0.2) is 49.4 Å². The molecule has 260 valence electrons. The molecule has 6 rings (SSSR count). The van der Waals surface area contributed by atoms with Crippen molar-refractivity contribution in [3.8, 4) is 28.8 Å². The molecule has 4 aromatic rings. The second-order valence-corrected chi connectivity index (χ2v) is 13.3. The first kappa shape index (κ1) is 34.3. The highest BCUT2D eigenvalue weighted by atomic mass is 16.5. The number of hydrogen-bond acceptors (Lipinski definition) is 12. The molecule has 0 unspecified atom stereocenters. The Morgan fingerprint density at radius 2 is 1.84 bits per heavy atom. The first-order valence-corrected chi connectivity index (χ1v) is 17.0. The number of anilines is 2. The van der Waals surface area contributed by atoms with Gasteiger partial charge in [-0.25, -0.2) is 19.6 Å². The zero-order chi connectivity index (χ0) is 34.2. The van der Waals surface area contributed by atoms with Crippen LogP contribution in [0.3, 0.4) is 0 Å². The Hall–Kier alpha value is -4.58. The van der Waals surface area contributed by atoms with Crippen molar-refractivity contribution in [1.29, 1.82) is 5.26 Å². The third-order valence-corrected chi connectivity index (χ3v) is 9.37. The fourth-order valence-corrected chi connectivity index (χ4v) is 6.28. The highest BCUT2D eigenvalue weighted by molar-refractivity contribution is 5.67. The number of nitrogens with one attached hydrogen (secondary N) is 1. The lowest BCUT2D eigenvalue weighted by atomic mass is 9.90. The van der Waals surface area contributed by atoms with Gasteiger partial charge in [0.2, 0.25) is 5.95 Å². The quantitative estimate of drug-likeness (QED) is 0.192. The molecule has 1 N–H and O–H groups in total. The summed E-state index contributed by atoms with van der Waals surface area (Å²) >= 11 is 0. The molecule has 0 bridgehead atoms. The molecule has 49 heavy (non-hydrogen) atoms. The zero-order valence-corrected chi connectivity index (χ0v) is 28.8. The van der Waals surface area contributed by atoms with Crippen LogP contribution in [0.4, 0.5) is 11.6 Å². The van der Waals surface area contributed by atoms with Crippen molar-refractivity contribution in [2.75, 3.05) is 45.3 Å². The number of morpholine rings is 1. The van der Waals surface area contributed by atoms with Crippen LogP contribution in [0, 0.1) is 11.3 Å². The van der Waals surface area contributed by atoms with E-state index in [2.05, 4.69) is 36.3 Å². The average molecular weight is 671 g/mol. The van der Waals surface area contributed by atoms with Crippen LogP contribution >= 0.6 is 0 Å². The predicted octanol–water partition coefficient (Wildman–Crippen LogP) is 5.02. The Morgan fingerprint density at radius 3 is 2.53 bits per heavy atom. The van der Waals surface area contributed by atoms with Gasteiger partial charge in [0.15, 0.2) is 0 Å². The number of nitriles is 1. The summed E-state index contributed by atoms with van der Waals surface area (Å²) in [6.45, 7) is 10.6. The van der Waals surface area contributed by atoms with Crippen molar-refractivity contribution < 1.29 is 18.9 Å². The first-order valence-electron chi connectivity index (χ1n) is 17.0. The minimum absolute atomic E-state index is 0.232. The zero-order valence-electron chi connectivity index (χ0n) is 28.8. The van der Waals surface area contributed by atoms with E-state index in [9.17, 15) is 5.26 Å². The number of benzene rings is 1. The van der Waals surface area contributed by atoms with Gasteiger partial charge in [-0.3, -0.25) is 9.58 Å². The molecule has 1 saturated heterocycles. The van der Waals surface area contributed by atoms with Gasteiger partial charge in [-0.2, -0.15) is 10.4 Å². The Labute approximate surface area is 287 Å². The Morgan fingerprint density at radius 1 is 1.08 bits per heavy atom. The Bertz CT molecular complexity index is 1670. The second kappa shape index (κ2) is 15.8. The summed E-state index contributed by atoms with van der Waals surface area (Å²) in [4.78, 5) is 15.8. The minimum Gasteiger partial charge on any atom is -0.487 e. The average Bonchev–Trinajstić information content (AvgIpc) is 3.79. The van der Waals surface area contributed by atoms with E-state index >= 15 is 0 Å². The van der Waals surface area contributed by atoms with Crippen molar-refractivity contribution in [3.63, 3.8) is 0 Å². The third kappa shape index (κ3) is 8.91. The summed E-state index contributed by atoms with van der Waals surface area (Å²) < 4.78 is 27.2. The number of aromatic nitrogens is 7. The molecule has 3 aromatic heterocycles. The van der Waals surface area contributed by atoms with Gasteiger partial charge in [-0.15, -0.1) is 5.10 Å². The molecule has 2 fully saturated rings. The van der Waals surface area contributed by atoms with Crippen molar-refractivity contribution >= 4 is 11.6 Å². The standard InChI is InChI=1S/C35H46N10O4/c1-25(21-44-24-37-23-40-44)49-32-17-26(5-6-27(32)18-36)28-19-38-34(39-20-28)41-31-22-45(42-33(31)48-14-11-35(2,3)46-4)30-9-7-29(8-10-30)43-12-15-47-16-13-43/h5-6,17,19-20,22-25,29-30H,7-16,21H2,1-4H3,(H,38,39,41)/t25-,29?,30?/m0/s1. The molecule has 4 heterocycles. The predicted molar refractivity (Wildman–Crippen MR) is 183 cm³/mol. The summed E-state index contributed by atoms with van der Waals surface area (Å²) in [6.07, 6.45) is 13.5. The van der Waals surface area contributed by atoms with Crippen LogP contribution in [0.1, 0.15) is 64.5 Å². The number of hydrogen-bond donors (Lipinski definition) is 1. The molecule has 14 heteroatoms. The van der Waals surface area contributed by atoms with Crippen LogP contribution in [0.25, 0.3) is 11.1 Å². The molecule has 0 amide bonds. The van der Waals surface area contributed by atoms with Gasteiger partial charge in [-0.05, 0) is 64.2 Å². The van der Waals surface area contributed by atoms with Gasteiger partial charge in [-0.1, -0.05) is 6.07 Å². The van der Waals surface area contributed by atoms with Crippen molar-refractivity contribution in [2.45, 2.75) is 83.2 Å². The van der Waals surface area contributed by atoms with Crippen LogP contribution in [-0.2, 0) is 16.0 Å². The van der Waals surface area contributed by atoms with Crippen molar-refractivity contribution in [1.82, 2.24) is 39.4 Å². The van der Waals surface area contributed by atoms with E-state index < -0.39 is 0 Å². The second-order valence-electron chi connectivity index (χ2n) is 13.3. The number of methoxy groups -OCH3 is 1. The van der Waals surface area contributed by atoms with Crippen LogP contribution < -0.4 is 14.8 Å². The Balaban J connectivity index is 1.15. The van der Waals surface area contributed by atoms with Gasteiger partial charge in [0.25, 0.3) is 5.88 Å². The topological polar surface area (TPSA) is 150 Å². The maximum Gasteiger partial charge on any atom is 0.256 e. The summed E-state index contributed by atoms with van der Waals surface area (Å²) in [5, 5.41) is 22.1. The highest BCUT2D eigenvalue weighted by Gasteiger charge is 2.29. The maximum atomic E-state index is 9.69. The Kier molecular flexibility index (Phi) is 11.0. The number of rotatable bonds is 14. The molecule has 1 atom stereocenters. The van der Waals surface area contributed by atoms with Gasteiger partial charge in [0, 0.05) is 50.6 Å². The molecule has 1 saturated carbocycles. The number of nitrogens with zero attached hydrogens (tertiary/aromatic N) is 9. The van der Waals surface area contributed by atoms with E-state index in [1.165, 1.54) is 6.33 Å². The summed E-state index contributed by atoms with van der Waals surface area (Å²) in [5.41, 5.74) is 2.47. The van der Waals surface area contributed by atoms with E-state index in [4.69, 9.17) is 24.0 Å². The molecular formula is C35H46N10O4. The lowest BCUT2D eigenvalue weighted by molar-refractivity contribution is 0.00409. The SMILES string of the molecule is COC(C)(C)CCOc1nn(C2CCC(N3CCOCC3)CC2)cc1Nc1ncc(-c2ccc(C#N)c(O[C@@H](C)Cn3cncn3)c2)cn1. The van der Waals surface area contributed by atoms with Crippen molar-refractivity contribution in [3.05, 3.63) is 55.0 Å². The van der Waals surface area contributed by atoms with Gasteiger partial charge >= 0.3 is 0 Å². The summed E-state index contributed by atoms with van der Waals surface area (Å²) in [7, 11) is 1.71. The first-order chi connectivity index (χ1) is 23.8. The van der Waals surface area contributed by atoms with Gasteiger partial charge in [0.05, 0.1) is 49.8 Å².